The molecule has 0 aromatic heterocycles. The van der Waals surface area contributed by atoms with Crippen LogP contribution >= 0.6 is 0 Å². The van der Waals surface area contributed by atoms with E-state index < -0.39 is 5.41 Å². The molecule has 0 aromatic carbocycles. The van der Waals surface area contributed by atoms with Gasteiger partial charge in [0.2, 0.25) is 0 Å². The fourth-order valence-electron chi connectivity index (χ4n) is 6.97. The first-order chi connectivity index (χ1) is 13.7. The van der Waals surface area contributed by atoms with Crippen LogP contribution in [0.4, 0.5) is 0 Å². The largest absolute Gasteiger partial charge is 0.469 e. The van der Waals surface area contributed by atoms with Crippen LogP contribution in [0.1, 0.15) is 85.0 Å². The Morgan fingerprint density at radius 2 is 1.86 bits per heavy atom. The molecule has 0 heterocycles. The van der Waals surface area contributed by atoms with Gasteiger partial charge in [0.1, 0.15) is 17.3 Å². The van der Waals surface area contributed by atoms with Crippen LogP contribution in [-0.2, 0) is 23.9 Å². The van der Waals surface area contributed by atoms with Gasteiger partial charge in [0.05, 0.1) is 7.11 Å². The molecule has 0 spiro atoms. The predicted octanol–water partition coefficient (Wildman–Crippen LogP) is 4.31. The fraction of sp³-hybridized carbons (Fsp3) is 0.833. The van der Waals surface area contributed by atoms with Gasteiger partial charge in [-0.2, -0.15) is 0 Å². The Hall–Kier alpha value is -1.52. The minimum atomic E-state index is -0.521. The van der Waals surface area contributed by atoms with Gasteiger partial charge in [-0.25, -0.2) is 0 Å². The number of ketones is 3. The van der Waals surface area contributed by atoms with E-state index in [0.29, 0.717) is 44.9 Å². The number of carbonyl (C=O) groups excluding carboxylic acids is 4. The van der Waals surface area contributed by atoms with Crippen molar-refractivity contribution >= 4 is 23.3 Å². The highest BCUT2D eigenvalue weighted by atomic mass is 16.5. The Kier molecular flexibility index (Phi) is 6.35. The minimum absolute atomic E-state index is 0.0192. The summed E-state index contributed by atoms with van der Waals surface area (Å²) in [6.07, 6.45) is 6.01. The fourth-order valence-corrected chi connectivity index (χ4v) is 6.97. The molecule has 29 heavy (non-hydrogen) atoms. The van der Waals surface area contributed by atoms with Crippen LogP contribution in [0.15, 0.2) is 0 Å². The first-order valence-corrected chi connectivity index (χ1v) is 11.3. The summed E-state index contributed by atoms with van der Waals surface area (Å²) in [5.74, 6) is 0.551. The molecule has 3 rings (SSSR count). The standard InChI is InChI=1S/C24H36O5/c1-5-9-24(10-6-7-21(28)29-4)15(2)22-18(14-20(24)27)23(3)11-8-17(25)12-16(23)13-19(22)26/h15-16,18,22H,5-14H2,1-4H3/t15?,16?,18?,22?,23-,24?/m0/s1. The lowest BCUT2D eigenvalue weighted by Gasteiger charge is -2.59. The lowest BCUT2D eigenvalue weighted by molar-refractivity contribution is -0.167. The van der Waals surface area contributed by atoms with Gasteiger partial charge in [0.25, 0.3) is 0 Å². The SMILES string of the molecule is CCCC1(CCCC(=O)OC)C(=O)CC2C(C(=O)CC3CC(=O)CC[C@@]32C)C1C. The molecule has 0 amide bonds. The van der Waals surface area contributed by atoms with Crippen LogP contribution in [0.2, 0.25) is 0 Å². The molecule has 0 aliphatic heterocycles. The van der Waals surface area contributed by atoms with Crippen molar-refractivity contribution in [2.75, 3.05) is 7.11 Å². The van der Waals surface area contributed by atoms with Gasteiger partial charge in [-0.1, -0.05) is 27.2 Å². The van der Waals surface area contributed by atoms with E-state index in [2.05, 4.69) is 20.8 Å². The van der Waals surface area contributed by atoms with Gasteiger partial charge in [0, 0.05) is 43.4 Å². The van der Waals surface area contributed by atoms with Gasteiger partial charge in [-0.05, 0) is 48.9 Å². The molecule has 162 valence electrons. The second kappa shape index (κ2) is 8.31. The van der Waals surface area contributed by atoms with Gasteiger partial charge in [-0.3, -0.25) is 19.2 Å². The van der Waals surface area contributed by atoms with E-state index in [9.17, 15) is 19.2 Å². The first-order valence-electron chi connectivity index (χ1n) is 11.3. The number of carbonyl (C=O) groups is 4. The first kappa shape index (κ1) is 22.2. The van der Waals surface area contributed by atoms with Crippen LogP contribution in [0.5, 0.6) is 0 Å². The molecule has 0 N–H and O–H groups in total. The number of esters is 1. The number of methoxy groups -OCH3 is 1. The highest BCUT2D eigenvalue weighted by Crippen LogP contribution is 2.62. The zero-order valence-electron chi connectivity index (χ0n) is 18.4. The Bertz CT molecular complexity index is 697. The van der Waals surface area contributed by atoms with Crippen molar-refractivity contribution in [2.24, 2.45) is 34.5 Å². The molecule has 5 nitrogen and oxygen atoms in total. The quantitative estimate of drug-likeness (QED) is 0.617. The normalized spacial score (nSPS) is 39.7. The van der Waals surface area contributed by atoms with Crippen molar-refractivity contribution in [1.82, 2.24) is 0 Å². The van der Waals surface area contributed by atoms with E-state index in [1.807, 2.05) is 0 Å². The second-order valence-electron chi connectivity index (χ2n) is 10.0. The van der Waals surface area contributed by atoms with Crippen molar-refractivity contribution in [3.8, 4) is 0 Å². The summed E-state index contributed by atoms with van der Waals surface area (Å²) in [7, 11) is 1.38. The summed E-state index contributed by atoms with van der Waals surface area (Å²) in [6.45, 7) is 6.40. The molecule has 3 aliphatic rings. The van der Waals surface area contributed by atoms with Crippen molar-refractivity contribution in [2.45, 2.75) is 85.0 Å². The molecule has 5 unspecified atom stereocenters. The van der Waals surface area contributed by atoms with Crippen LogP contribution < -0.4 is 0 Å². The van der Waals surface area contributed by atoms with E-state index in [1.54, 1.807) is 0 Å². The maximum atomic E-state index is 13.6. The Morgan fingerprint density at radius 1 is 1.14 bits per heavy atom. The lowest BCUT2D eigenvalue weighted by Crippen LogP contribution is -2.60. The lowest BCUT2D eigenvalue weighted by atomic mass is 9.43. The molecule has 6 atom stereocenters. The van der Waals surface area contributed by atoms with E-state index in [-0.39, 0.29) is 52.4 Å². The van der Waals surface area contributed by atoms with E-state index in [1.165, 1.54) is 7.11 Å². The molecule has 0 radical (unpaired) electrons. The molecular formula is C24H36O5. The van der Waals surface area contributed by atoms with E-state index >= 15 is 0 Å². The number of hydrogen-bond donors (Lipinski definition) is 0. The Balaban J connectivity index is 1.89. The maximum Gasteiger partial charge on any atom is 0.305 e. The van der Waals surface area contributed by atoms with Crippen LogP contribution in [0.3, 0.4) is 0 Å². The third kappa shape index (κ3) is 3.70. The zero-order chi connectivity index (χ0) is 21.4. The van der Waals surface area contributed by atoms with Crippen LogP contribution in [0, 0.1) is 34.5 Å². The molecule has 0 saturated heterocycles. The van der Waals surface area contributed by atoms with Crippen molar-refractivity contribution in [3.05, 3.63) is 0 Å². The van der Waals surface area contributed by atoms with Gasteiger partial charge >= 0.3 is 5.97 Å². The average Bonchev–Trinajstić information content (AvgIpc) is 2.67. The highest BCUT2D eigenvalue weighted by molar-refractivity contribution is 5.92. The summed E-state index contributed by atoms with van der Waals surface area (Å²) >= 11 is 0. The number of ether oxygens (including phenoxy) is 1. The smallest absolute Gasteiger partial charge is 0.305 e. The number of Topliss-reactive ketones (excluding diaryl/α,β-unsaturated/α-hetero) is 3. The van der Waals surface area contributed by atoms with Crippen molar-refractivity contribution in [1.29, 1.82) is 0 Å². The maximum absolute atomic E-state index is 13.6. The topological polar surface area (TPSA) is 77.5 Å². The van der Waals surface area contributed by atoms with E-state index in [0.717, 1.165) is 19.3 Å². The predicted molar refractivity (Wildman–Crippen MR) is 109 cm³/mol. The summed E-state index contributed by atoms with van der Waals surface area (Å²) in [4.78, 5) is 50.5. The third-order valence-corrected chi connectivity index (χ3v) is 8.75. The molecule has 5 heteroatoms. The molecule has 3 fully saturated rings. The van der Waals surface area contributed by atoms with Crippen molar-refractivity contribution < 1.29 is 23.9 Å². The zero-order valence-corrected chi connectivity index (χ0v) is 18.4. The van der Waals surface area contributed by atoms with E-state index in [4.69, 9.17) is 4.74 Å². The second-order valence-corrected chi connectivity index (χ2v) is 10.0. The highest BCUT2D eigenvalue weighted by Gasteiger charge is 2.62. The molecule has 0 bridgehead atoms. The van der Waals surface area contributed by atoms with Crippen molar-refractivity contribution in [3.63, 3.8) is 0 Å². The van der Waals surface area contributed by atoms with Gasteiger partial charge < -0.3 is 4.74 Å². The summed E-state index contributed by atoms with van der Waals surface area (Å²) in [5, 5.41) is 0. The Morgan fingerprint density at radius 3 is 2.52 bits per heavy atom. The molecule has 0 aromatic rings. The summed E-state index contributed by atoms with van der Waals surface area (Å²) in [6, 6.07) is 0. The van der Waals surface area contributed by atoms with Crippen LogP contribution in [0.25, 0.3) is 0 Å². The number of fused-ring (bicyclic) bond motifs is 3. The number of rotatable bonds is 6. The molecular weight excluding hydrogens is 368 g/mol. The summed E-state index contributed by atoms with van der Waals surface area (Å²) < 4.78 is 4.76. The monoisotopic (exact) mass is 404 g/mol. The van der Waals surface area contributed by atoms with Crippen LogP contribution in [-0.4, -0.2) is 30.4 Å². The Labute approximate surface area is 174 Å². The average molecular weight is 405 g/mol. The third-order valence-electron chi connectivity index (χ3n) is 8.75. The molecule has 3 saturated carbocycles. The van der Waals surface area contributed by atoms with Gasteiger partial charge in [-0.15, -0.1) is 0 Å². The number of hydrogen-bond acceptors (Lipinski definition) is 5. The summed E-state index contributed by atoms with van der Waals surface area (Å²) in [5.41, 5.74) is -0.617. The molecule has 3 aliphatic carbocycles. The van der Waals surface area contributed by atoms with Gasteiger partial charge in [0.15, 0.2) is 0 Å². The minimum Gasteiger partial charge on any atom is -0.469 e.